The van der Waals surface area contributed by atoms with Gasteiger partial charge in [-0.2, -0.15) is 18.4 Å². The number of halogens is 3. The predicted molar refractivity (Wildman–Crippen MR) is 180 cm³/mol. The van der Waals surface area contributed by atoms with Crippen LogP contribution in [0.25, 0.3) is 0 Å². The number of nitrogens with zero attached hydrogens (tertiary/aromatic N) is 6. The van der Waals surface area contributed by atoms with E-state index < -0.39 is 35.4 Å². The maximum Gasteiger partial charge on any atom is 0.416 e. The highest BCUT2D eigenvalue weighted by Gasteiger charge is 2.45. The third kappa shape index (κ3) is 8.19. The van der Waals surface area contributed by atoms with E-state index in [1.54, 1.807) is 23.1 Å². The molecular weight excluding hydrogens is 655 g/mol. The van der Waals surface area contributed by atoms with Gasteiger partial charge in [0.2, 0.25) is 5.96 Å². The van der Waals surface area contributed by atoms with Crippen LogP contribution >= 0.6 is 0 Å². The molecule has 1 atom stereocenters. The number of primary amides is 1. The molecule has 2 aromatic carbocycles. The number of aliphatic imine (C=N–C) groups is 1. The standard InChI is InChI=1S/C35H42F3N7O5/c1-21-28(30(46)49-7)29(45(31(40)47)32(41-5)44(21)26-10-8-9-25(16-26)35(36,37)38)27-12-11-22(17-39)15-24(27)13-14-42(6)18-23-19-43(20-23)33(48)50-34(2,3)4/h8-12,15-16,23,29H,13-14,18-20H2,1-7H3,(H2,40,47)/t29-/m1/s1. The Morgan fingerprint density at radius 1 is 1.12 bits per heavy atom. The second-order valence-corrected chi connectivity index (χ2v) is 13.3. The second-order valence-electron chi connectivity index (χ2n) is 13.3. The molecule has 2 aromatic rings. The van der Waals surface area contributed by atoms with Crippen molar-refractivity contribution in [3.8, 4) is 6.07 Å². The molecule has 268 valence electrons. The monoisotopic (exact) mass is 697 g/mol. The molecule has 2 aliphatic rings. The second kappa shape index (κ2) is 14.8. The summed E-state index contributed by atoms with van der Waals surface area (Å²) in [6, 6.07) is 9.17. The average molecular weight is 698 g/mol. The first-order valence-corrected chi connectivity index (χ1v) is 15.9. The molecule has 50 heavy (non-hydrogen) atoms. The molecule has 0 aliphatic carbocycles. The van der Waals surface area contributed by atoms with Gasteiger partial charge in [0.1, 0.15) is 11.6 Å². The first kappa shape index (κ1) is 37.7. The van der Waals surface area contributed by atoms with Gasteiger partial charge in [0.25, 0.3) is 0 Å². The molecular formula is C35H42F3N7O5. The van der Waals surface area contributed by atoms with Crippen LogP contribution in [-0.4, -0.2) is 91.7 Å². The van der Waals surface area contributed by atoms with Crippen LogP contribution in [0.1, 0.15) is 56.0 Å². The highest BCUT2D eigenvalue weighted by atomic mass is 19.4. The van der Waals surface area contributed by atoms with Crippen LogP contribution in [0, 0.1) is 17.2 Å². The molecule has 0 unspecified atom stereocenters. The third-order valence-corrected chi connectivity index (χ3v) is 8.45. The minimum absolute atomic E-state index is 0.00747. The van der Waals surface area contributed by atoms with Crippen molar-refractivity contribution < 1.29 is 37.0 Å². The lowest BCUT2D eigenvalue weighted by molar-refractivity contribution is -0.138. The van der Waals surface area contributed by atoms with Crippen molar-refractivity contribution in [3.63, 3.8) is 0 Å². The lowest BCUT2D eigenvalue weighted by atomic mass is 9.87. The number of anilines is 1. The number of allylic oxidation sites excluding steroid dienone is 1. The lowest BCUT2D eigenvalue weighted by Gasteiger charge is -2.44. The highest BCUT2D eigenvalue weighted by Crippen LogP contribution is 2.42. The number of nitrogens with two attached hydrogens (primary N) is 1. The first-order chi connectivity index (χ1) is 23.4. The zero-order valence-corrected chi connectivity index (χ0v) is 29.2. The Kier molecular flexibility index (Phi) is 11.2. The quantitative estimate of drug-likeness (QED) is 0.367. The SMILES string of the molecule is CN=C1N(c2cccc(C(F)(F)F)c2)C(C)=C(C(=O)OC)[C@@H](c2ccc(C#N)cc2CCN(C)CC2CN(C(=O)OC(C)(C)C)C2)N1C(N)=O. The first-order valence-electron chi connectivity index (χ1n) is 15.9. The van der Waals surface area contributed by atoms with Crippen molar-refractivity contribution in [2.24, 2.45) is 16.6 Å². The summed E-state index contributed by atoms with van der Waals surface area (Å²) in [5.41, 5.74) is 5.97. The van der Waals surface area contributed by atoms with Gasteiger partial charge in [0.15, 0.2) is 0 Å². The highest BCUT2D eigenvalue weighted by molar-refractivity contribution is 6.11. The minimum Gasteiger partial charge on any atom is -0.466 e. The fourth-order valence-corrected chi connectivity index (χ4v) is 6.21. The summed E-state index contributed by atoms with van der Waals surface area (Å²) in [5, 5.41) is 9.74. The Morgan fingerprint density at radius 2 is 1.80 bits per heavy atom. The summed E-state index contributed by atoms with van der Waals surface area (Å²) >= 11 is 0. The molecule has 12 nitrogen and oxygen atoms in total. The van der Waals surface area contributed by atoms with Gasteiger partial charge in [-0.1, -0.05) is 12.1 Å². The van der Waals surface area contributed by atoms with Gasteiger partial charge >= 0.3 is 24.3 Å². The predicted octanol–water partition coefficient (Wildman–Crippen LogP) is 5.29. The fourth-order valence-electron chi connectivity index (χ4n) is 6.21. The fraction of sp³-hybridized carbons (Fsp3) is 0.457. The number of hydrogen-bond acceptors (Lipinski definition) is 8. The van der Waals surface area contributed by atoms with Crippen LogP contribution in [0.3, 0.4) is 0 Å². The Labute approximate surface area is 289 Å². The minimum atomic E-state index is -4.66. The van der Waals surface area contributed by atoms with Crippen molar-refractivity contribution in [2.75, 3.05) is 52.3 Å². The largest absolute Gasteiger partial charge is 0.466 e. The number of carbonyl (C=O) groups is 3. The molecule has 0 bridgehead atoms. The van der Waals surface area contributed by atoms with Gasteiger partial charge in [-0.05, 0) is 82.6 Å². The number of amides is 3. The van der Waals surface area contributed by atoms with Crippen LogP contribution in [0.15, 0.2) is 58.7 Å². The Hall–Kier alpha value is -5.10. The molecule has 2 heterocycles. The molecule has 1 fully saturated rings. The number of likely N-dealkylation sites (N-methyl/N-ethyl adjacent to an activating group) is 1. The number of alkyl halides is 3. The van der Waals surface area contributed by atoms with Gasteiger partial charge in [-0.15, -0.1) is 0 Å². The van der Waals surface area contributed by atoms with E-state index in [1.165, 1.54) is 31.0 Å². The van der Waals surface area contributed by atoms with E-state index in [2.05, 4.69) is 16.0 Å². The molecule has 0 saturated carbocycles. The van der Waals surface area contributed by atoms with E-state index >= 15 is 0 Å². The number of benzene rings is 2. The van der Waals surface area contributed by atoms with E-state index in [0.29, 0.717) is 49.3 Å². The van der Waals surface area contributed by atoms with Gasteiger partial charge in [0, 0.05) is 50.5 Å². The smallest absolute Gasteiger partial charge is 0.416 e. The van der Waals surface area contributed by atoms with Crippen LogP contribution in [0.2, 0.25) is 0 Å². The van der Waals surface area contributed by atoms with E-state index in [9.17, 15) is 32.8 Å². The Morgan fingerprint density at radius 3 is 2.36 bits per heavy atom. The summed E-state index contributed by atoms with van der Waals surface area (Å²) < 4.78 is 51.8. The van der Waals surface area contributed by atoms with Gasteiger partial charge in [0.05, 0.1) is 29.9 Å². The number of rotatable bonds is 8. The molecule has 2 N–H and O–H groups in total. The number of hydrogen-bond donors (Lipinski definition) is 1. The molecule has 1 saturated heterocycles. The summed E-state index contributed by atoms with van der Waals surface area (Å²) in [6.07, 6.45) is -4.63. The van der Waals surface area contributed by atoms with Crippen molar-refractivity contribution in [3.05, 3.63) is 76.0 Å². The number of urea groups is 1. The maximum absolute atomic E-state index is 13.7. The number of esters is 1. The molecule has 3 amide bonds. The van der Waals surface area contributed by atoms with Gasteiger partial charge in [-0.3, -0.25) is 14.8 Å². The normalized spacial score (nSPS) is 17.9. The average Bonchev–Trinajstić information content (AvgIpc) is 3.02. The maximum atomic E-state index is 13.7. The lowest BCUT2D eigenvalue weighted by Crippen LogP contribution is -2.56. The topological polar surface area (TPSA) is 145 Å². The van der Waals surface area contributed by atoms with Crippen molar-refractivity contribution in [1.82, 2.24) is 14.7 Å². The van der Waals surface area contributed by atoms with Crippen LogP contribution in [0.5, 0.6) is 0 Å². The van der Waals surface area contributed by atoms with Gasteiger partial charge in [-0.25, -0.2) is 14.4 Å². The van der Waals surface area contributed by atoms with E-state index in [0.717, 1.165) is 24.1 Å². The number of likely N-dealkylation sites (tertiary alicyclic amines) is 1. The molecule has 15 heteroatoms. The van der Waals surface area contributed by atoms with Crippen LogP contribution in [-0.2, 0) is 26.9 Å². The summed E-state index contributed by atoms with van der Waals surface area (Å²) in [4.78, 5) is 49.5. The molecule has 4 rings (SSSR count). The molecule has 0 spiro atoms. The number of guanidine groups is 1. The summed E-state index contributed by atoms with van der Waals surface area (Å²) in [7, 11) is 4.45. The van der Waals surface area contributed by atoms with Gasteiger partial charge < -0.3 is 25.0 Å². The number of nitriles is 1. The van der Waals surface area contributed by atoms with E-state index in [-0.39, 0.29) is 34.9 Å². The molecule has 0 aromatic heterocycles. The van der Waals surface area contributed by atoms with Crippen molar-refractivity contribution in [2.45, 2.75) is 51.9 Å². The Bertz CT molecular complexity index is 1740. The summed E-state index contributed by atoms with van der Waals surface area (Å²) in [6.45, 7) is 9.26. The molecule has 0 radical (unpaired) electrons. The zero-order chi connectivity index (χ0) is 37.1. The zero-order valence-electron chi connectivity index (χ0n) is 29.2. The number of methoxy groups -OCH3 is 1. The van der Waals surface area contributed by atoms with E-state index in [1.807, 2.05) is 27.8 Å². The van der Waals surface area contributed by atoms with Crippen molar-refractivity contribution >= 4 is 29.7 Å². The Balaban J connectivity index is 1.71. The van der Waals surface area contributed by atoms with Crippen LogP contribution in [0.4, 0.5) is 28.4 Å². The van der Waals surface area contributed by atoms with Crippen molar-refractivity contribution in [1.29, 1.82) is 5.26 Å². The molecule has 2 aliphatic heterocycles. The summed E-state index contributed by atoms with van der Waals surface area (Å²) in [5.74, 6) is -0.723. The third-order valence-electron chi connectivity index (χ3n) is 8.45. The van der Waals surface area contributed by atoms with Crippen LogP contribution < -0.4 is 10.6 Å². The number of ether oxygens (including phenoxy) is 2. The van der Waals surface area contributed by atoms with E-state index in [4.69, 9.17) is 15.2 Å². The number of carbonyl (C=O) groups excluding carboxylic acids is 3.